The molecular formula is C42H31N. The molecule has 0 atom stereocenters. The van der Waals surface area contributed by atoms with Gasteiger partial charge in [0.05, 0.1) is 5.70 Å². The van der Waals surface area contributed by atoms with Gasteiger partial charge in [0.15, 0.2) is 0 Å². The zero-order valence-electron chi connectivity index (χ0n) is 24.2. The van der Waals surface area contributed by atoms with Crippen molar-refractivity contribution in [2.75, 3.05) is 0 Å². The number of rotatable bonds is 6. The minimum Gasteiger partial charge on any atom is -0.252 e. The number of hydrogen-bond acceptors (Lipinski definition) is 1. The zero-order chi connectivity index (χ0) is 29.2. The maximum Gasteiger partial charge on any atom is 0.0711 e. The molecule has 0 bridgehead atoms. The molecule has 0 spiro atoms. The third-order valence-electron chi connectivity index (χ3n) is 8.17. The van der Waals surface area contributed by atoms with Crippen LogP contribution < -0.4 is 0 Å². The van der Waals surface area contributed by atoms with Gasteiger partial charge < -0.3 is 0 Å². The third-order valence-corrected chi connectivity index (χ3v) is 8.17. The molecule has 0 unspecified atom stereocenters. The van der Waals surface area contributed by atoms with Gasteiger partial charge in [-0.05, 0) is 85.3 Å². The minimum absolute atomic E-state index is 0.888. The number of allylic oxidation sites excluding steroid dienone is 2. The quantitative estimate of drug-likeness (QED) is 0.144. The van der Waals surface area contributed by atoms with E-state index in [2.05, 4.69) is 171 Å². The van der Waals surface area contributed by atoms with Gasteiger partial charge in [-0.15, -0.1) is 0 Å². The van der Waals surface area contributed by atoms with Crippen LogP contribution in [-0.2, 0) is 0 Å². The summed E-state index contributed by atoms with van der Waals surface area (Å²) in [6.07, 6.45) is 2.11. The van der Waals surface area contributed by atoms with Gasteiger partial charge >= 0.3 is 0 Å². The average Bonchev–Trinajstić information content (AvgIpc) is 3.07. The van der Waals surface area contributed by atoms with Gasteiger partial charge in [-0.3, -0.25) is 4.99 Å². The second-order valence-corrected chi connectivity index (χ2v) is 11.0. The summed E-state index contributed by atoms with van der Waals surface area (Å²) >= 11 is 0. The van der Waals surface area contributed by atoms with E-state index in [4.69, 9.17) is 4.99 Å². The first-order valence-electron chi connectivity index (χ1n) is 14.7. The van der Waals surface area contributed by atoms with E-state index in [1.54, 1.807) is 0 Å². The van der Waals surface area contributed by atoms with E-state index < -0.39 is 0 Å². The van der Waals surface area contributed by atoms with Crippen LogP contribution in [0.25, 0.3) is 54.7 Å². The molecule has 0 fully saturated rings. The van der Waals surface area contributed by atoms with Gasteiger partial charge in [0, 0.05) is 11.3 Å². The highest BCUT2D eigenvalue weighted by Crippen LogP contribution is 2.30. The van der Waals surface area contributed by atoms with Gasteiger partial charge in [-0.2, -0.15) is 0 Å². The Bertz CT molecular complexity index is 2190. The van der Waals surface area contributed by atoms with Crippen molar-refractivity contribution < 1.29 is 0 Å². The SMILES string of the molecule is C=C(/C=C(\N=C(/C)c1ccc(-c2cccc3ccccc23)cc1)c1ccc2ccccc2c1)c1ccc2ccccc2c1. The van der Waals surface area contributed by atoms with Crippen molar-refractivity contribution in [2.24, 2.45) is 4.99 Å². The molecule has 0 heterocycles. The van der Waals surface area contributed by atoms with E-state index >= 15 is 0 Å². The minimum atomic E-state index is 0.888. The lowest BCUT2D eigenvalue weighted by atomic mass is 9.97. The average molecular weight is 550 g/mol. The van der Waals surface area contributed by atoms with Crippen LogP contribution in [0.3, 0.4) is 0 Å². The lowest BCUT2D eigenvalue weighted by molar-refractivity contribution is 1.48. The Morgan fingerprint density at radius 1 is 0.512 bits per heavy atom. The summed E-state index contributed by atoms with van der Waals surface area (Å²) in [4.78, 5) is 5.22. The lowest BCUT2D eigenvalue weighted by Gasteiger charge is -2.11. The van der Waals surface area contributed by atoms with E-state index in [9.17, 15) is 0 Å². The first-order chi connectivity index (χ1) is 21.1. The summed E-state index contributed by atoms with van der Waals surface area (Å²) in [5.74, 6) is 0. The fourth-order valence-corrected chi connectivity index (χ4v) is 5.78. The van der Waals surface area contributed by atoms with Crippen LogP contribution in [0.5, 0.6) is 0 Å². The van der Waals surface area contributed by atoms with Crippen molar-refractivity contribution >= 4 is 49.3 Å². The van der Waals surface area contributed by atoms with Crippen molar-refractivity contribution in [1.29, 1.82) is 0 Å². The number of fused-ring (bicyclic) bond motifs is 3. The lowest BCUT2D eigenvalue weighted by Crippen LogP contribution is -1.96. The summed E-state index contributed by atoms with van der Waals surface area (Å²) in [6, 6.07) is 53.7. The monoisotopic (exact) mass is 549 g/mol. The fourth-order valence-electron chi connectivity index (χ4n) is 5.78. The van der Waals surface area contributed by atoms with E-state index in [1.807, 2.05) is 0 Å². The molecule has 7 aromatic carbocycles. The molecule has 1 heteroatoms. The summed E-state index contributed by atoms with van der Waals surface area (Å²) in [5, 5.41) is 7.33. The maximum absolute atomic E-state index is 5.22. The molecule has 1 nitrogen and oxygen atoms in total. The van der Waals surface area contributed by atoms with E-state index in [-0.39, 0.29) is 0 Å². The molecule has 7 aromatic rings. The maximum atomic E-state index is 5.22. The smallest absolute Gasteiger partial charge is 0.0711 e. The number of nitrogens with zero attached hydrogens (tertiary/aromatic N) is 1. The highest BCUT2D eigenvalue weighted by molar-refractivity contribution is 6.04. The van der Waals surface area contributed by atoms with Gasteiger partial charge in [-0.25, -0.2) is 0 Å². The second kappa shape index (κ2) is 11.4. The molecule has 7 rings (SSSR count). The van der Waals surface area contributed by atoms with Gasteiger partial charge in [0.25, 0.3) is 0 Å². The molecular weight excluding hydrogens is 518 g/mol. The van der Waals surface area contributed by atoms with Gasteiger partial charge in [-0.1, -0.05) is 146 Å². The second-order valence-electron chi connectivity index (χ2n) is 11.0. The topological polar surface area (TPSA) is 12.4 Å². The molecule has 0 radical (unpaired) electrons. The fraction of sp³-hybridized carbons (Fsp3) is 0.0238. The van der Waals surface area contributed by atoms with Crippen molar-refractivity contribution in [3.8, 4) is 11.1 Å². The van der Waals surface area contributed by atoms with Crippen LogP contribution in [0.4, 0.5) is 0 Å². The Morgan fingerprint density at radius 2 is 1.05 bits per heavy atom. The summed E-state index contributed by atoms with van der Waals surface area (Å²) < 4.78 is 0. The first kappa shape index (κ1) is 26.4. The van der Waals surface area contributed by atoms with Crippen LogP contribution in [0.15, 0.2) is 169 Å². The Labute approximate surface area is 252 Å². The molecule has 0 aliphatic heterocycles. The van der Waals surface area contributed by atoms with Crippen molar-refractivity contribution in [3.63, 3.8) is 0 Å². The molecule has 204 valence electrons. The van der Waals surface area contributed by atoms with Crippen molar-refractivity contribution in [2.45, 2.75) is 6.92 Å². The summed E-state index contributed by atoms with van der Waals surface area (Å²) in [6.45, 7) is 6.55. The normalized spacial score (nSPS) is 12.2. The molecule has 0 saturated carbocycles. The third kappa shape index (κ3) is 5.41. The predicted octanol–water partition coefficient (Wildman–Crippen LogP) is 11.4. The van der Waals surface area contributed by atoms with Crippen LogP contribution in [-0.4, -0.2) is 5.71 Å². The predicted molar refractivity (Wildman–Crippen MR) is 187 cm³/mol. The Kier molecular flexibility index (Phi) is 6.99. The van der Waals surface area contributed by atoms with Crippen LogP contribution in [0.2, 0.25) is 0 Å². The Morgan fingerprint density at radius 3 is 1.74 bits per heavy atom. The van der Waals surface area contributed by atoms with Crippen LogP contribution >= 0.6 is 0 Å². The highest BCUT2D eigenvalue weighted by Gasteiger charge is 2.09. The molecule has 0 saturated heterocycles. The van der Waals surface area contributed by atoms with Crippen molar-refractivity contribution in [3.05, 3.63) is 181 Å². The standard InChI is InChI=1S/C42H31N/c1-29(36-24-20-32-10-3-5-13-37(32)27-36)26-42(39-25-21-33-11-4-6-14-38(33)28-39)43-30(2)31-18-22-35(23-19-31)41-17-9-15-34-12-7-8-16-40(34)41/h3-28H,1H2,2H3/b42-26-,43-30+. The molecule has 0 aliphatic carbocycles. The zero-order valence-corrected chi connectivity index (χ0v) is 24.2. The Balaban J connectivity index is 1.28. The van der Waals surface area contributed by atoms with E-state index in [0.717, 1.165) is 33.7 Å². The molecule has 0 N–H and O–H groups in total. The Hall–Kier alpha value is -5.53. The van der Waals surface area contributed by atoms with Gasteiger partial charge in [0.2, 0.25) is 0 Å². The highest BCUT2D eigenvalue weighted by atomic mass is 14.8. The largest absolute Gasteiger partial charge is 0.252 e. The molecule has 0 aliphatic rings. The van der Waals surface area contributed by atoms with E-state index in [0.29, 0.717) is 0 Å². The number of hydrogen-bond donors (Lipinski definition) is 0. The summed E-state index contributed by atoms with van der Waals surface area (Å²) in [5.41, 5.74) is 8.45. The van der Waals surface area contributed by atoms with Gasteiger partial charge in [0.1, 0.15) is 0 Å². The van der Waals surface area contributed by atoms with Crippen LogP contribution in [0, 0.1) is 0 Å². The van der Waals surface area contributed by atoms with Crippen molar-refractivity contribution in [1.82, 2.24) is 0 Å². The van der Waals surface area contributed by atoms with Crippen LogP contribution in [0.1, 0.15) is 23.6 Å². The molecule has 0 amide bonds. The van der Waals surface area contributed by atoms with E-state index in [1.165, 1.54) is 43.4 Å². The number of aliphatic imine (C=N–C) groups is 1. The molecule has 43 heavy (non-hydrogen) atoms. The first-order valence-corrected chi connectivity index (χ1v) is 14.7. The molecule has 0 aromatic heterocycles. The summed E-state index contributed by atoms with van der Waals surface area (Å²) in [7, 11) is 0. The number of benzene rings is 7.